The molecule has 0 aromatic carbocycles. The molecule has 0 amide bonds. The van der Waals surface area contributed by atoms with Gasteiger partial charge >= 0.3 is 11.9 Å². The van der Waals surface area contributed by atoms with E-state index in [4.69, 9.17) is 21.1 Å². The van der Waals surface area contributed by atoms with Crippen molar-refractivity contribution in [2.45, 2.75) is 12.5 Å². The van der Waals surface area contributed by atoms with Gasteiger partial charge in [-0.2, -0.15) is 0 Å². The second-order valence-corrected chi connectivity index (χ2v) is 3.75. The first-order valence-corrected chi connectivity index (χ1v) is 5.73. The Morgan fingerprint density at radius 2 is 1.89 bits per heavy atom. The van der Waals surface area contributed by atoms with E-state index in [-0.39, 0.29) is 13.2 Å². The first kappa shape index (κ1) is 16.8. The van der Waals surface area contributed by atoms with Crippen molar-refractivity contribution in [2.24, 2.45) is 5.73 Å². The Morgan fingerprint density at radius 3 is 2.33 bits per heavy atom. The Hall–Kier alpha value is -1.22. The molecule has 0 fully saturated rings. The van der Waals surface area contributed by atoms with Crippen LogP contribution < -0.4 is 11.1 Å². The third-order valence-corrected chi connectivity index (χ3v) is 2.37. The van der Waals surface area contributed by atoms with E-state index in [1.165, 1.54) is 4.90 Å². The van der Waals surface area contributed by atoms with Crippen molar-refractivity contribution >= 4 is 11.9 Å². The van der Waals surface area contributed by atoms with E-state index in [1.807, 2.05) is 0 Å². The predicted octanol–water partition coefficient (Wildman–Crippen LogP) is -2.24. The Labute approximate surface area is 105 Å². The number of nitrogens with one attached hydrogen (secondary N) is 1. The predicted molar refractivity (Wildman–Crippen MR) is 64.3 cm³/mol. The number of hydrogen-bond donors (Lipinski definition) is 5. The zero-order valence-electron chi connectivity index (χ0n) is 10.2. The molecule has 0 saturated carbocycles. The number of aliphatic hydroxyl groups is 1. The number of nitrogens with zero attached hydrogens (tertiary/aromatic N) is 1. The highest BCUT2D eigenvalue weighted by molar-refractivity contribution is 5.80. The van der Waals surface area contributed by atoms with Gasteiger partial charge in [0.05, 0.1) is 13.0 Å². The van der Waals surface area contributed by atoms with Crippen molar-refractivity contribution in [3.63, 3.8) is 0 Å². The molecule has 0 aromatic heterocycles. The molecule has 0 spiro atoms. The molecule has 0 radical (unpaired) electrons. The van der Waals surface area contributed by atoms with Gasteiger partial charge in [0.15, 0.2) is 0 Å². The summed E-state index contributed by atoms with van der Waals surface area (Å²) in [5.41, 5.74) is 5.39. The lowest BCUT2D eigenvalue weighted by Gasteiger charge is -2.27. The van der Waals surface area contributed by atoms with Crippen LogP contribution in [0.25, 0.3) is 0 Å². The first-order valence-electron chi connectivity index (χ1n) is 5.73. The number of nitrogens with two attached hydrogens (primary N) is 1. The third kappa shape index (κ3) is 7.17. The lowest BCUT2D eigenvalue weighted by molar-refractivity contribution is -0.149. The number of carboxylic acids is 2. The van der Waals surface area contributed by atoms with E-state index >= 15 is 0 Å². The molecule has 0 aromatic rings. The van der Waals surface area contributed by atoms with E-state index in [9.17, 15) is 9.59 Å². The van der Waals surface area contributed by atoms with E-state index in [0.29, 0.717) is 26.2 Å². The molecule has 0 aliphatic rings. The molecule has 6 N–H and O–H groups in total. The van der Waals surface area contributed by atoms with Gasteiger partial charge in [-0.3, -0.25) is 14.5 Å². The fraction of sp³-hybridized carbons (Fsp3) is 0.800. The molecule has 8 nitrogen and oxygen atoms in total. The summed E-state index contributed by atoms with van der Waals surface area (Å²) in [6.45, 7) is 1.79. The van der Waals surface area contributed by atoms with Gasteiger partial charge in [0.2, 0.25) is 0 Å². The number of carbonyl (C=O) groups is 2. The molecule has 0 heterocycles. The Morgan fingerprint density at radius 1 is 1.22 bits per heavy atom. The van der Waals surface area contributed by atoms with Crippen LogP contribution in [0, 0.1) is 0 Å². The van der Waals surface area contributed by atoms with Gasteiger partial charge in [-0.15, -0.1) is 0 Å². The van der Waals surface area contributed by atoms with Gasteiger partial charge in [0, 0.05) is 32.7 Å². The number of carboxylic acid groups (broad SMARTS) is 2. The summed E-state index contributed by atoms with van der Waals surface area (Å²) in [5, 5.41) is 29.2. The maximum atomic E-state index is 11.0. The average Bonchev–Trinajstić information content (AvgIpc) is 2.30. The summed E-state index contributed by atoms with van der Waals surface area (Å²) in [5.74, 6) is -2.33. The molecule has 1 unspecified atom stereocenters. The van der Waals surface area contributed by atoms with Crippen LogP contribution >= 0.6 is 0 Å². The van der Waals surface area contributed by atoms with Crippen LogP contribution in [0.1, 0.15) is 6.42 Å². The minimum atomic E-state index is -1.17. The Kier molecular flexibility index (Phi) is 9.11. The van der Waals surface area contributed by atoms with Gasteiger partial charge in [-0.1, -0.05) is 0 Å². The third-order valence-electron chi connectivity index (χ3n) is 2.37. The molecule has 0 rings (SSSR count). The molecule has 1 atom stereocenters. The van der Waals surface area contributed by atoms with Crippen molar-refractivity contribution in [3.05, 3.63) is 0 Å². The van der Waals surface area contributed by atoms with E-state index in [1.54, 1.807) is 0 Å². The molecule has 0 bridgehead atoms. The highest BCUT2D eigenvalue weighted by Crippen LogP contribution is 2.04. The Bertz CT molecular complexity index is 262. The van der Waals surface area contributed by atoms with Gasteiger partial charge < -0.3 is 26.4 Å². The quantitative estimate of drug-likeness (QED) is 0.264. The molecule has 0 aliphatic heterocycles. The number of aliphatic hydroxyl groups excluding tert-OH is 1. The van der Waals surface area contributed by atoms with Crippen molar-refractivity contribution in [2.75, 3.05) is 39.3 Å². The standard InChI is InChI=1S/C10H21N3O5/c11-1-4-13(5-2-12-3-6-14)8(10(17)18)7-9(15)16/h8,12,14H,1-7,11H2,(H,15,16)(H,17,18). The summed E-state index contributed by atoms with van der Waals surface area (Å²) in [6.07, 6.45) is -0.463. The van der Waals surface area contributed by atoms with Crippen molar-refractivity contribution < 1.29 is 24.9 Å². The van der Waals surface area contributed by atoms with Gasteiger partial charge in [0.1, 0.15) is 6.04 Å². The summed E-state index contributed by atoms with van der Waals surface area (Å²) < 4.78 is 0. The zero-order valence-corrected chi connectivity index (χ0v) is 10.2. The van der Waals surface area contributed by atoms with Crippen molar-refractivity contribution in [1.29, 1.82) is 0 Å². The Balaban J connectivity index is 4.39. The number of hydrogen-bond acceptors (Lipinski definition) is 6. The lowest BCUT2D eigenvalue weighted by atomic mass is 10.1. The van der Waals surface area contributed by atoms with E-state index in [0.717, 1.165) is 0 Å². The second-order valence-electron chi connectivity index (χ2n) is 3.75. The molecule has 18 heavy (non-hydrogen) atoms. The highest BCUT2D eigenvalue weighted by Gasteiger charge is 2.27. The van der Waals surface area contributed by atoms with Crippen LogP contribution in [0.3, 0.4) is 0 Å². The lowest BCUT2D eigenvalue weighted by Crippen LogP contribution is -2.47. The molecule has 0 saturated heterocycles. The molecule has 106 valence electrons. The normalized spacial score (nSPS) is 12.6. The molecule has 0 aliphatic carbocycles. The summed E-state index contributed by atoms with van der Waals surface area (Å²) >= 11 is 0. The highest BCUT2D eigenvalue weighted by atomic mass is 16.4. The maximum absolute atomic E-state index is 11.0. The largest absolute Gasteiger partial charge is 0.481 e. The molecular weight excluding hydrogens is 242 g/mol. The topological polar surface area (TPSA) is 136 Å². The number of rotatable bonds is 11. The maximum Gasteiger partial charge on any atom is 0.321 e. The minimum absolute atomic E-state index is 0.00558. The minimum Gasteiger partial charge on any atom is -0.481 e. The fourth-order valence-corrected chi connectivity index (χ4v) is 1.55. The van der Waals surface area contributed by atoms with Crippen LogP contribution in [0.4, 0.5) is 0 Å². The smallest absolute Gasteiger partial charge is 0.321 e. The van der Waals surface area contributed by atoms with Crippen LogP contribution in [-0.4, -0.2) is 77.5 Å². The van der Waals surface area contributed by atoms with Crippen molar-refractivity contribution in [3.8, 4) is 0 Å². The van der Waals surface area contributed by atoms with E-state index in [2.05, 4.69) is 5.32 Å². The summed E-state index contributed by atoms with van der Waals surface area (Å²) in [6, 6.07) is -1.08. The van der Waals surface area contributed by atoms with E-state index < -0.39 is 24.4 Å². The van der Waals surface area contributed by atoms with Crippen LogP contribution in [0.15, 0.2) is 0 Å². The SMILES string of the molecule is NCCN(CCNCCO)C(CC(=O)O)C(=O)O. The van der Waals surface area contributed by atoms with Gasteiger partial charge in [0.25, 0.3) is 0 Å². The molecular formula is C10H21N3O5. The van der Waals surface area contributed by atoms with Crippen LogP contribution in [0.5, 0.6) is 0 Å². The van der Waals surface area contributed by atoms with Gasteiger partial charge in [-0.25, -0.2) is 0 Å². The average molecular weight is 263 g/mol. The monoisotopic (exact) mass is 263 g/mol. The first-order chi connectivity index (χ1) is 8.52. The molecule has 8 heteroatoms. The second kappa shape index (κ2) is 9.77. The number of aliphatic carboxylic acids is 2. The van der Waals surface area contributed by atoms with Gasteiger partial charge in [-0.05, 0) is 0 Å². The van der Waals surface area contributed by atoms with Crippen LogP contribution in [0.2, 0.25) is 0 Å². The fourth-order valence-electron chi connectivity index (χ4n) is 1.55. The summed E-state index contributed by atoms with van der Waals surface area (Å²) in [4.78, 5) is 23.2. The van der Waals surface area contributed by atoms with Crippen LogP contribution in [-0.2, 0) is 9.59 Å². The van der Waals surface area contributed by atoms with Crippen molar-refractivity contribution in [1.82, 2.24) is 10.2 Å². The summed E-state index contributed by atoms with van der Waals surface area (Å²) in [7, 11) is 0. The zero-order chi connectivity index (χ0) is 14.0.